The molecule has 4 saturated heterocycles. The van der Waals surface area contributed by atoms with Crippen LogP contribution in [0.25, 0.3) is 32.9 Å². The zero-order valence-corrected chi connectivity index (χ0v) is 35.0. The van der Waals surface area contributed by atoms with E-state index in [1.807, 2.05) is 4.90 Å². The van der Waals surface area contributed by atoms with Gasteiger partial charge in [0.25, 0.3) is 0 Å². The van der Waals surface area contributed by atoms with Crippen molar-refractivity contribution in [3.05, 3.63) is 53.2 Å². The first-order valence-corrected chi connectivity index (χ1v) is 21.0. The number of terminal acetylenes is 1. The van der Waals surface area contributed by atoms with Gasteiger partial charge in [0.2, 0.25) is 0 Å². The Balaban J connectivity index is 1.13. The lowest BCUT2D eigenvalue weighted by Crippen LogP contribution is -2.68. The van der Waals surface area contributed by atoms with Crippen molar-refractivity contribution in [3.8, 4) is 29.6 Å². The molecule has 5 aliphatic heterocycles. The molecule has 1 amide bonds. The Hall–Kier alpha value is -5.23. The molecule has 10 nitrogen and oxygen atoms in total. The lowest BCUT2D eigenvalue weighted by molar-refractivity contribution is -0.463. The molecule has 2 aromatic carbocycles. The Morgan fingerprint density at radius 2 is 1.62 bits per heavy atom. The lowest BCUT2D eigenvalue weighted by atomic mass is 9.93. The molecule has 0 radical (unpaired) electrons. The van der Waals surface area contributed by atoms with E-state index in [2.05, 4.69) is 15.6 Å². The maximum Gasteiger partial charge on any atom is 0.435 e. The summed E-state index contributed by atoms with van der Waals surface area (Å²) in [4.78, 5) is 32.8. The number of hydrogen-bond donors (Lipinski definition) is 0. The molecule has 0 saturated carbocycles. The predicted molar refractivity (Wildman–Crippen MR) is 212 cm³/mol. The molecule has 9 rings (SSSR count). The maximum atomic E-state index is 17.5. The quantitative estimate of drug-likeness (QED) is 0.139. The Morgan fingerprint density at radius 3 is 2.29 bits per heavy atom. The molecular weight excluding hydrogens is 885 g/mol. The largest absolute Gasteiger partial charge is 0.461 e. The number of benzene rings is 2. The number of amides is 1. The molecule has 5 atom stereocenters. The Morgan fingerprint density at radius 1 is 0.892 bits per heavy atom. The molecule has 5 aliphatic rings. The van der Waals surface area contributed by atoms with E-state index in [0.29, 0.717) is 36.8 Å². The van der Waals surface area contributed by atoms with Gasteiger partial charge in [-0.25, -0.2) is 18.6 Å². The summed E-state index contributed by atoms with van der Waals surface area (Å²) in [6.45, 7) is 4.33. The Bertz CT molecular complexity index is 2590. The SMILES string of the molecule is C#Cc1c(F)ccc2cccc(-c3nc4c5c(nc(OC[C@@]67CCCN6C[C@@H](OC(C(F)(F)F)(C(F)(F)F)C(F)(F)F)C7)nc5c3F)N3C[C@H]5CC[C@@H]([C@H]3CC4)N5C(=O)OC(C)(C)C)c12. The van der Waals surface area contributed by atoms with Gasteiger partial charge in [-0.05, 0) is 83.7 Å². The standard InChI is InChI=1S/C44H41F11N6O4/c1-5-25-27(45)12-10-22-8-6-9-26(31(22)25)34-33(46)35-32-28(56-34)13-15-29-30-14-11-23(61(30)38(62)65-39(2,3)4)19-60(29)36(32)58-37(57-35)63-21-40-16-7-17-59(40)20-24(18-40)64-41(42(47,48)49,43(50,51)52)44(53,54)55/h1,6,8-10,12,23-24,29-30H,7,11,13-21H2,2-4H3/t23-,24+,29-,30+,40+/m1/s1. The highest BCUT2D eigenvalue weighted by Crippen LogP contribution is 2.57. The van der Waals surface area contributed by atoms with Crippen LogP contribution in [0.5, 0.6) is 6.01 Å². The molecule has 2 aromatic heterocycles. The molecule has 2 bridgehead atoms. The van der Waals surface area contributed by atoms with Crippen LogP contribution in [0.1, 0.15) is 70.6 Å². The van der Waals surface area contributed by atoms with Crippen LogP contribution in [0.4, 0.5) is 58.9 Å². The van der Waals surface area contributed by atoms with Crippen LogP contribution in [-0.2, 0) is 15.9 Å². The number of anilines is 1. The fourth-order valence-corrected chi connectivity index (χ4v) is 10.7. The molecule has 4 fully saturated rings. The summed E-state index contributed by atoms with van der Waals surface area (Å²) < 4.78 is 174. The maximum absolute atomic E-state index is 17.5. The van der Waals surface area contributed by atoms with Gasteiger partial charge in [-0.1, -0.05) is 30.2 Å². The molecule has 0 spiro atoms. The van der Waals surface area contributed by atoms with E-state index in [1.165, 1.54) is 23.1 Å². The highest BCUT2D eigenvalue weighted by atomic mass is 19.4. The molecule has 0 aliphatic carbocycles. The fraction of sp³-hybridized carbons (Fsp3) is 0.545. The van der Waals surface area contributed by atoms with E-state index in [9.17, 15) is 44.3 Å². The first-order chi connectivity index (χ1) is 30.4. The normalized spacial score (nSPS) is 24.9. The third-order valence-corrected chi connectivity index (χ3v) is 13.3. The highest BCUT2D eigenvalue weighted by Gasteiger charge is 2.86. The van der Waals surface area contributed by atoms with Gasteiger partial charge in [-0.3, -0.25) is 9.80 Å². The number of rotatable bonds is 6. The van der Waals surface area contributed by atoms with Crippen molar-refractivity contribution >= 4 is 33.6 Å². The molecule has 65 heavy (non-hydrogen) atoms. The van der Waals surface area contributed by atoms with Gasteiger partial charge in [0, 0.05) is 24.0 Å². The average Bonchev–Trinajstić information content (AvgIpc) is 3.82. The summed E-state index contributed by atoms with van der Waals surface area (Å²) in [5.41, 5.74) is -8.80. The third-order valence-electron chi connectivity index (χ3n) is 13.3. The predicted octanol–water partition coefficient (Wildman–Crippen LogP) is 9.44. The Labute approximate surface area is 364 Å². The molecule has 4 aromatic rings. The summed E-state index contributed by atoms with van der Waals surface area (Å²) in [5.74, 6) is 0.840. The number of aryl methyl sites for hydroxylation is 1. The van der Waals surface area contributed by atoms with Crippen LogP contribution in [0, 0.1) is 24.0 Å². The molecule has 0 N–H and O–H groups in total. The molecule has 348 valence electrons. The van der Waals surface area contributed by atoms with Crippen molar-refractivity contribution in [1.82, 2.24) is 24.8 Å². The number of pyridine rings is 1. The minimum atomic E-state index is -6.91. The second kappa shape index (κ2) is 15.2. The summed E-state index contributed by atoms with van der Waals surface area (Å²) in [6.07, 6.45) is -16.1. The van der Waals surface area contributed by atoms with Crippen molar-refractivity contribution in [2.24, 2.45) is 0 Å². The van der Waals surface area contributed by atoms with E-state index in [4.69, 9.17) is 25.9 Å². The molecule has 7 heterocycles. The number of fused-ring (bicyclic) bond motifs is 7. The van der Waals surface area contributed by atoms with E-state index >= 15 is 8.78 Å². The van der Waals surface area contributed by atoms with Crippen LogP contribution in [0.3, 0.4) is 0 Å². The van der Waals surface area contributed by atoms with Crippen LogP contribution >= 0.6 is 0 Å². The minimum Gasteiger partial charge on any atom is -0.461 e. The van der Waals surface area contributed by atoms with E-state index in [1.54, 1.807) is 37.8 Å². The van der Waals surface area contributed by atoms with Crippen molar-refractivity contribution in [2.45, 2.75) is 125 Å². The van der Waals surface area contributed by atoms with Crippen LogP contribution in [0.2, 0.25) is 0 Å². The van der Waals surface area contributed by atoms with Gasteiger partial charge >= 0.3 is 36.2 Å². The number of nitrogens with zero attached hydrogens (tertiary/aromatic N) is 6. The van der Waals surface area contributed by atoms with Gasteiger partial charge in [0.1, 0.15) is 35.1 Å². The number of hydrogen-bond acceptors (Lipinski definition) is 9. The first-order valence-electron chi connectivity index (χ1n) is 21.0. The summed E-state index contributed by atoms with van der Waals surface area (Å²) in [6, 6.07) is 5.89. The number of carbonyl (C=O) groups is 1. The van der Waals surface area contributed by atoms with E-state index in [0.717, 1.165) is 0 Å². The van der Waals surface area contributed by atoms with Gasteiger partial charge in [-0.15, -0.1) is 6.42 Å². The van der Waals surface area contributed by atoms with Gasteiger partial charge in [0.05, 0.1) is 46.4 Å². The van der Waals surface area contributed by atoms with Crippen LogP contribution in [-0.4, -0.2) is 117 Å². The highest BCUT2D eigenvalue weighted by molar-refractivity contribution is 6.03. The van der Waals surface area contributed by atoms with Crippen molar-refractivity contribution in [1.29, 1.82) is 0 Å². The number of aromatic nitrogens is 3. The monoisotopic (exact) mass is 926 g/mol. The molecule has 21 heteroatoms. The van der Waals surface area contributed by atoms with Crippen LogP contribution in [0.15, 0.2) is 30.3 Å². The topological polar surface area (TPSA) is 93.2 Å². The Kier molecular flexibility index (Phi) is 10.5. The van der Waals surface area contributed by atoms with Crippen molar-refractivity contribution in [2.75, 3.05) is 31.1 Å². The molecular formula is C44H41F11N6O4. The van der Waals surface area contributed by atoms with Crippen molar-refractivity contribution in [3.63, 3.8) is 0 Å². The zero-order chi connectivity index (χ0) is 46.8. The smallest absolute Gasteiger partial charge is 0.435 e. The van der Waals surface area contributed by atoms with Crippen LogP contribution < -0.4 is 9.64 Å². The summed E-state index contributed by atoms with van der Waals surface area (Å²) in [7, 11) is 0. The number of halogens is 11. The average molecular weight is 927 g/mol. The number of ether oxygens (including phenoxy) is 3. The van der Waals surface area contributed by atoms with Gasteiger partial charge < -0.3 is 19.1 Å². The van der Waals surface area contributed by atoms with E-state index in [-0.39, 0.29) is 76.9 Å². The fourth-order valence-electron chi connectivity index (χ4n) is 10.7. The van der Waals surface area contributed by atoms with E-state index < -0.39 is 90.7 Å². The number of piperazine rings is 1. The van der Waals surface area contributed by atoms with Gasteiger partial charge in [0.15, 0.2) is 5.82 Å². The zero-order valence-electron chi connectivity index (χ0n) is 35.0. The summed E-state index contributed by atoms with van der Waals surface area (Å²) in [5, 5.41) is 0.913. The lowest BCUT2D eigenvalue weighted by Gasteiger charge is -2.47. The second-order valence-electron chi connectivity index (χ2n) is 18.4. The second-order valence-corrected chi connectivity index (χ2v) is 18.4. The number of carbonyl (C=O) groups excluding carboxylic acids is 1. The number of alkyl halides is 9. The van der Waals surface area contributed by atoms with Gasteiger partial charge in [-0.2, -0.15) is 49.5 Å². The molecule has 0 unspecified atom stereocenters. The summed E-state index contributed by atoms with van der Waals surface area (Å²) >= 11 is 0. The minimum absolute atomic E-state index is 0.0874. The first kappa shape index (κ1) is 44.9. The van der Waals surface area contributed by atoms with Crippen molar-refractivity contribution < 1.29 is 67.3 Å². The third kappa shape index (κ3) is 7.15.